The Bertz CT molecular complexity index is 486. The highest BCUT2D eigenvalue weighted by atomic mass is 79.9. The Morgan fingerprint density at radius 1 is 1.25 bits per heavy atom. The second kappa shape index (κ2) is 6.99. The molecule has 108 valence electrons. The van der Waals surface area contributed by atoms with Crippen molar-refractivity contribution in [1.82, 2.24) is 4.90 Å². The van der Waals surface area contributed by atoms with Crippen LogP contribution >= 0.6 is 15.9 Å². The van der Waals surface area contributed by atoms with Crippen LogP contribution in [0.4, 0.5) is 0 Å². The minimum absolute atomic E-state index is 0.0246. The zero-order chi connectivity index (χ0) is 14.5. The van der Waals surface area contributed by atoms with Gasteiger partial charge < -0.3 is 10.0 Å². The molecule has 1 N–H and O–H groups in total. The normalized spacial score (nSPS) is 18.9. The number of β-amino-alcohol motifs (C(OH)–C–C–N with tert-alkyl or cyclic N) is 1. The summed E-state index contributed by atoms with van der Waals surface area (Å²) in [7, 11) is 0. The first kappa shape index (κ1) is 15.2. The predicted octanol–water partition coefficient (Wildman–Crippen LogP) is 2.40. The van der Waals surface area contributed by atoms with Gasteiger partial charge in [0.1, 0.15) is 0 Å². The number of Topliss-reactive ketones (excluding diaryl/α,β-unsaturated/α-hetero) is 1. The molecule has 2 rings (SSSR count). The first-order valence-corrected chi connectivity index (χ1v) is 7.60. The largest absolute Gasteiger partial charge is 0.391 e. The van der Waals surface area contributed by atoms with Crippen molar-refractivity contribution < 1.29 is 14.7 Å². The maximum atomic E-state index is 12.0. The summed E-state index contributed by atoms with van der Waals surface area (Å²) in [5.74, 6) is -0.0716. The van der Waals surface area contributed by atoms with Crippen LogP contribution in [0.15, 0.2) is 28.7 Å². The number of rotatable bonds is 4. The van der Waals surface area contributed by atoms with Crippen LogP contribution in [0.1, 0.15) is 36.0 Å². The molecule has 0 radical (unpaired) electrons. The van der Waals surface area contributed by atoms with Gasteiger partial charge in [-0.1, -0.05) is 28.1 Å². The predicted molar refractivity (Wildman–Crippen MR) is 79.5 cm³/mol. The van der Waals surface area contributed by atoms with Gasteiger partial charge in [0.25, 0.3) is 0 Å². The number of halogens is 1. The van der Waals surface area contributed by atoms with Gasteiger partial charge in [-0.25, -0.2) is 0 Å². The van der Waals surface area contributed by atoms with Gasteiger partial charge in [0.15, 0.2) is 5.78 Å². The van der Waals surface area contributed by atoms with Crippen molar-refractivity contribution in [3.8, 4) is 0 Å². The Labute approximate surface area is 126 Å². The lowest BCUT2D eigenvalue weighted by Gasteiger charge is -2.30. The van der Waals surface area contributed by atoms with E-state index in [9.17, 15) is 14.7 Å². The Balaban J connectivity index is 1.83. The summed E-state index contributed by atoms with van der Waals surface area (Å²) in [5, 5.41) is 9.54. The highest BCUT2D eigenvalue weighted by Gasteiger charge is 2.22. The third kappa shape index (κ3) is 4.15. The lowest BCUT2D eigenvalue weighted by molar-refractivity contribution is -0.134. The topological polar surface area (TPSA) is 57.6 Å². The zero-order valence-corrected chi connectivity index (χ0v) is 12.8. The fourth-order valence-electron chi connectivity index (χ4n) is 2.34. The van der Waals surface area contributed by atoms with E-state index in [-0.39, 0.29) is 24.5 Å². The number of amides is 1. The summed E-state index contributed by atoms with van der Waals surface area (Å²) in [6.07, 6.45) is 1.58. The van der Waals surface area contributed by atoms with Gasteiger partial charge in [0.05, 0.1) is 6.10 Å². The van der Waals surface area contributed by atoms with Crippen LogP contribution in [0, 0.1) is 0 Å². The summed E-state index contributed by atoms with van der Waals surface area (Å²) < 4.78 is 0.924. The monoisotopic (exact) mass is 339 g/mol. The van der Waals surface area contributed by atoms with Crippen molar-refractivity contribution in [3.05, 3.63) is 34.3 Å². The molecule has 1 saturated heterocycles. The molecule has 20 heavy (non-hydrogen) atoms. The minimum Gasteiger partial charge on any atom is -0.391 e. The van der Waals surface area contributed by atoms with Gasteiger partial charge in [-0.05, 0) is 25.0 Å². The standard InChI is InChI=1S/C15H18BrNO3/c16-12-5-3-11(4-6-12)14(19)7-8-15(20)17-9-1-2-13(18)10-17/h3-6,13,18H,1-2,7-10H2. The number of carbonyl (C=O) groups excluding carboxylic acids is 2. The molecule has 1 aliphatic rings. The summed E-state index contributed by atoms with van der Waals surface area (Å²) in [5.41, 5.74) is 0.625. The fourth-order valence-corrected chi connectivity index (χ4v) is 2.60. The maximum Gasteiger partial charge on any atom is 0.223 e. The zero-order valence-electron chi connectivity index (χ0n) is 11.2. The average molecular weight is 340 g/mol. The van der Waals surface area contributed by atoms with E-state index >= 15 is 0 Å². The summed E-state index contributed by atoms with van der Waals surface area (Å²) >= 11 is 3.32. The van der Waals surface area contributed by atoms with Crippen molar-refractivity contribution in [1.29, 1.82) is 0 Å². The molecule has 1 amide bonds. The lowest BCUT2D eigenvalue weighted by Crippen LogP contribution is -2.42. The highest BCUT2D eigenvalue weighted by molar-refractivity contribution is 9.10. The number of aliphatic hydroxyl groups is 1. The van der Waals surface area contributed by atoms with Crippen molar-refractivity contribution in [2.24, 2.45) is 0 Å². The molecule has 0 aliphatic carbocycles. The molecule has 1 atom stereocenters. The van der Waals surface area contributed by atoms with Gasteiger partial charge in [0, 0.05) is 36.0 Å². The quantitative estimate of drug-likeness (QED) is 0.857. The molecule has 1 unspecified atom stereocenters. The SMILES string of the molecule is O=C(CCC(=O)N1CCCC(O)C1)c1ccc(Br)cc1. The molecule has 1 aromatic carbocycles. The smallest absolute Gasteiger partial charge is 0.223 e. The fraction of sp³-hybridized carbons (Fsp3) is 0.467. The van der Waals surface area contributed by atoms with E-state index < -0.39 is 6.10 Å². The summed E-state index contributed by atoms with van der Waals surface area (Å²) in [6.45, 7) is 1.08. The Morgan fingerprint density at radius 2 is 1.95 bits per heavy atom. The van der Waals surface area contributed by atoms with Gasteiger partial charge in [0.2, 0.25) is 5.91 Å². The van der Waals surface area contributed by atoms with Crippen molar-refractivity contribution in [3.63, 3.8) is 0 Å². The van der Waals surface area contributed by atoms with Gasteiger partial charge >= 0.3 is 0 Å². The van der Waals surface area contributed by atoms with E-state index in [4.69, 9.17) is 0 Å². The summed E-state index contributed by atoms with van der Waals surface area (Å²) in [6, 6.07) is 7.13. The molecule has 4 nitrogen and oxygen atoms in total. The van der Waals surface area contributed by atoms with Gasteiger partial charge in [-0.3, -0.25) is 9.59 Å². The molecular weight excluding hydrogens is 322 g/mol. The van der Waals surface area contributed by atoms with Crippen LogP contribution < -0.4 is 0 Å². The number of hydrogen-bond donors (Lipinski definition) is 1. The van der Waals surface area contributed by atoms with Crippen LogP contribution in [0.2, 0.25) is 0 Å². The highest BCUT2D eigenvalue weighted by Crippen LogP contribution is 2.15. The van der Waals surface area contributed by atoms with E-state index in [0.717, 1.165) is 17.3 Å². The van der Waals surface area contributed by atoms with Gasteiger partial charge in [-0.15, -0.1) is 0 Å². The van der Waals surface area contributed by atoms with Crippen molar-refractivity contribution >= 4 is 27.6 Å². The number of piperidine rings is 1. The third-order valence-electron chi connectivity index (χ3n) is 3.48. The maximum absolute atomic E-state index is 12.0. The average Bonchev–Trinajstić information content (AvgIpc) is 2.45. The molecule has 1 aliphatic heterocycles. The Morgan fingerprint density at radius 3 is 2.60 bits per heavy atom. The van der Waals surface area contributed by atoms with Crippen molar-refractivity contribution in [2.75, 3.05) is 13.1 Å². The van der Waals surface area contributed by atoms with E-state index in [2.05, 4.69) is 15.9 Å². The number of hydrogen-bond acceptors (Lipinski definition) is 3. The second-order valence-electron chi connectivity index (χ2n) is 5.07. The number of likely N-dealkylation sites (tertiary alicyclic amines) is 1. The number of aliphatic hydroxyl groups excluding tert-OH is 1. The van der Waals surface area contributed by atoms with Crippen LogP contribution in [-0.2, 0) is 4.79 Å². The summed E-state index contributed by atoms with van der Waals surface area (Å²) in [4.78, 5) is 25.6. The molecular formula is C15H18BrNO3. The molecule has 0 spiro atoms. The molecule has 5 heteroatoms. The van der Waals surface area contributed by atoms with Crippen molar-refractivity contribution in [2.45, 2.75) is 31.8 Å². The Hall–Kier alpha value is -1.20. The molecule has 1 fully saturated rings. The molecule has 1 heterocycles. The second-order valence-corrected chi connectivity index (χ2v) is 5.98. The van der Waals surface area contributed by atoms with E-state index in [1.807, 2.05) is 12.1 Å². The number of ketones is 1. The molecule has 1 aromatic rings. The number of benzene rings is 1. The van der Waals surface area contributed by atoms with Crippen LogP contribution in [0.5, 0.6) is 0 Å². The van der Waals surface area contributed by atoms with E-state index in [0.29, 0.717) is 18.7 Å². The molecule has 0 saturated carbocycles. The van der Waals surface area contributed by atoms with E-state index in [1.165, 1.54) is 0 Å². The van der Waals surface area contributed by atoms with Gasteiger partial charge in [-0.2, -0.15) is 0 Å². The first-order valence-electron chi connectivity index (χ1n) is 6.81. The number of carbonyl (C=O) groups is 2. The van der Waals surface area contributed by atoms with Crippen LogP contribution in [0.25, 0.3) is 0 Å². The minimum atomic E-state index is -0.421. The van der Waals surface area contributed by atoms with E-state index in [1.54, 1.807) is 17.0 Å². The Kier molecular flexibility index (Phi) is 5.31. The number of nitrogens with zero attached hydrogens (tertiary/aromatic N) is 1. The third-order valence-corrected chi connectivity index (χ3v) is 4.01. The molecule has 0 aromatic heterocycles. The first-order chi connectivity index (χ1) is 9.56. The molecule has 0 bridgehead atoms. The van der Waals surface area contributed by atoms with Crippen LogP contribution in [0.3, 0.4) is 0 Å². The van der Waals surface area contributed by atoms with Crippen LogP contribution in [-0.4, -0.2) is 40.9 Å². The lowest BCUT2D eigenvalue weighted by atomic mass is 10.0.